The Morgan fingerprint density at radius 1 is 1.24 bits per heavy atom. The minimum Gasteiger partial charge on any atom is -0.458 e. The van der Waals surface area contributed by atoms with Gasteiger partial charge in [0.2, 0.25) is 5.91 Å². The maximum absolute atomic E-state index is 13.3. The summed E-state index contributed by atoms with van der Waals surface area (Å²) in [7, 11) is 0. The first-order valence-electron chi connectivity index (χ1n) is 12.3. The fraction of sp³-hybridized carbons (Fsp3) is 0.393. The Hall–Kier alpha value is -1.51. The summed E-state index contributed by atoms with van der Waals surface area (Å²) in [6, 6.07) is 9.43. The minimum absolute atomic E-state index is 0. The fourth-order valence-electron chi connectivity index (χ4n) is 4.97. The molecule has 9 nitrogen and oxygen atoms in total. The van der Waals surface area contributed by atoms with Crippen LogP contribution in [0.25, 0.3) is 22.3 Å². The standard InChI is InChI=1S/C25H26N4O5.C2H6.CH3.Cs/c1-13(2)28(21(30)10-26)8-7-14-15-5-3-4-6-19(15)27-22-17(14)11-29-20(22)9-16-18(24(29)32)12-34-25(33)23(16)31;1-2;;/h3-6,9,13,23,31H,7-8,10-12,26H2,1-2H3;1-2H3;1H3;/q;;-1;+1. The van der Waals surface area contributed by atoms with Crippen molar-refractivity contribution in [3.8, 4) is 11.4 Å². The molecule has 0 spiro atoms. The van der Waals surface area contributed by atoms with E-state index in [0.717, 1.165) is 22.0 Å². The van der Waals surface area contributed by atoms with Gasteiger partial charge in [-0.1, -0.05) is 32.0 Å². The van der Waals surface area contributed by atoms with Gasteiger partial charge in [-0.3, -0.25) is 9.59 Å². The Morgan fingerprint density at radius 3 is 2.58 bits per heavy atom. The third-order valence-electron chi connectivity index (χ3n) is 6.70. The maximum Gasteiger partial charge on any atom is 1.00 e. The molecule has 1 atom stereocenters. The molecule has 0 radical (unpaired) electrons. The number of benzene rings is 1. The number of aromatic nitrogens is 2. The van der Waals surface area contributed by atoms with Crippen molar-refractivity contribution < 1.29 is 88.3 Å². The first-order chi connectivity index (χ1) is 17.3. The number of amides is 1. The van der Waals surface area contributed by atoms with Crippen LogP contribution in [-0.4, -0.2) is 50.6 Å². The predicted octanol–water partition coefficient (Wildman–Crippen LogP) is -0.266. The summed E-state index contributed by atoms with van der Waals surface area (Å²) < 4.78 is 6.60. The molecule has 5 rings (SSSR count). The topological polar surface area (TPSA) is 128 Å². The van der Waals surface area contributed by atoms with Crippen molar-refractivity contribution >= 4 is 22.8 Å². The smallest absolute Gasteiger partial charge is 0.458 e. The molecule has 1 amide bonds. The number of nitrogens with zero attached hydrogens (tertiary/aromatic N) is 3. The third-order valence-corrected chi connectivity index (χ3v) is 6.70. The van der Waals surface area contributed by atoms with Gasteiger partial charge in [-0.15, -0.1) is 0 Å². The zero-order chi connectivity index (χ0) is 26.1. The summed E-state index contributed by atoms with van der Waals surface area (Å²) in [5.74, 6) is -0.878. The van der Waals surface area contributed by atoms with E-state index in [2.05, 4.69) is 0 Å². The van der Waals surface area contributed by atoms with Gasteiger partial charge in [-0.2, -0.15) is 0 Å². The number of ether oxygens (including phenoxy) is 1. The molecule has 2 aliphatic rings. The zero-order valence-electron chi connectivity index (χ0n) is 23.1. The van der Waals surface area contributed by atoms with E-state index in [1.807, 2.05) is 52.0 Å². The molecule has 1 aromatic carbocycles. The summed E-state index contributed by atoms with van der Waals surface area (Å²) in [6.45, 7) is 8.50. The Kier molecular flexibility index (Phi) is 11.8. The molecule has 0 fully saturated rings. The van der Waals surface area contributed by atoms with Gasteiger partial charge in [-0.25, -0.2) is 9.78 Å². The molecule has 198 valence electrons. The van der Waals surface area contributed by atoms with Crippen LogP contribution in [0.1, 0.15) is 56.1 Å². The normalized spacial score (nSPS) is 14.7. The first kappa shape index (κ1) is 32.7. The number of aliphatic hydroxyl groups excluding tert-OH is 1. The average molecular weight is 641 g/mol. The van der Waals surface area contributed by atoms with Gasteiger partial charge in [0.1, 0.15) is 6.61 Å². The summed E-state index contributed by atoms with van der Waals surface area (Å²) in [5, 5.41) is 11.3. The van der Waals surface area contributed by atoms with Crippen LogP contribution >= 0.6 is 0 Å². The van der Waals surface area contributed by atoms with Gasteiger partial charge < -0.3 is 32.5 Å². The van der Waals surface area contributed by atoms with Crippen molar-refractivity contribution in [3.05, 3.63) is 70.4 Å². The summed E-state index contributed by atoms with van der Waals surface area (Å²) in [5.41, 5.74) is 9.81. The number of hydrogen-bond acceptors (Lipinski definition) is 7. The van der Waals surface area contributed by atoms with Crippen LogP contribution in [0.5, 0.6) is 0 Å². The van der Waals surface area contributed by atoms with E-state index in [-0.39, 0.29) is 118 Å². The maximum atomic E-state index is 13.3. The second-order valence-corrected chi connectivity index (χ2v) is 8.93. The third kappa shape index (κ3) is 5.83. The number of cyclic esters (lactones) is 1. The van der Waals surface area contributed by atoms with Crippen LogP contribution in [0.15, 0.2) is 35.1 Å². The Balaban J connectivity index is 0.00000124. The molecular formula is C28H35CsN4O5. The van der Waals surface area contributed by atoms with E-state index in [0.29, 0.717) is 30.9 Å². The molecule has 1 unspecified atom stereocenters. The molecule has 0 saturated heterocycles. The number of carbonyl (C=O) groups excluding carboxylic acids is 2. The van der Waals surface area contributed by atoms with E-state index in [1.165, 1.54) is 0 Å². The van der Waals surface area contributed by atoms with Crippen LogP contribution in [0.2, 0.25) is 0 Å². The van der Waals surface area contributed by atoms with Crippen molar-refractivity contribution in [3.63, 3.8) is 0 Å². The molecule has 2 aromatic heterocycles. The molecule has 3 N–H and O–H groups in total. The van der Waals surface area contributed by atoms with E-state index in [4.69, 9.17) is 15.5 Å². The number of fused-ring (bicyclic) bond motifs is 5. The molecule has 4 heterocycles. The van der Waals surface area contributed by atoms with Gasteiger partial charge in [0, 0.05) is 29.1 Å². The van der Waals surface area contributed by atoms with E-state index in [9.17, 15) is 19.5 Å². The Bertz CT molecular complexity index is 1400. The molecule has 3 aromatic rings. The van der Waals surface area contributed by atoms with Crippen LogP contribution in [-0.2, 0) is 33.9 Å². The quantitative estimate of drug-likeness (QED) is 0.227. The molecule has 10 heteroatoms. The zero-order valence-corrected chi connectivity index (χ0v) is 29.4. The molecule has 38 heavy (non-hydrogen) atoms. The number of aliphatic hydroxyl groups is 1. The molecular weight excluding hydrogens is 605 g/mol. The van der Waals surface area contributed by atoms with E-state index >= 15 is 0 Å². The summed E-state index contributed by atoms with van der Waals surface area (Å²) >= 11 is 0. The predicted molar refractivity (Wildman–Crippen MR) is 143 cm³/mol. The van der Waals surface area contributed by atoms with Crippen molar-refractivity contribution in [2.75, 3.05) is 13.1 Å². The molecule has 2 aliphatic heterocycles. The van der Waals surface area contributed by atoms with Gasteiger partial charge in [0.25, 0.3) is 5.56 Å². The van der Waals surface area contributed by atoms with Gasteiger partial charge >= 0.3 is 74.9 Å². The number of nitrogens with two attached hydrogens (primary N) is 1. The van der Waals surface area contributed by atoms with Crippen molar-refractivity contribution in [2.24, 2.45) is 5.73 Å². The van der Waals surface area contributed by atoms with Crippen LogP contribution in [0.4, 0.5) is 0 Å². The second-order valence-electron chi connectivity index (χ2n) is 8.93. The number of hydrogen-bond donors (Lipinski definition) is 2. The van der Waals surface area contributed by atoms with Crippen molar-refractivity contribution in [1.29, 1.82) is 0 Å². The van der Waals surface area contributed by atoms with Gasteiger partial charge in [0.05, 0.1) is 35.6 Å². The number of esters is 1. The fourth-order valence-corrected chi connectivity index (χ4v) is 4.97. The van der Waals surface area contributed by atoms with Crippen LogP contribution < -0.4 is 80.2 Å². The minimum atomic E-state index is -1.49. The molecule has 0 aliphatic carbocycles. The Morgan fingerprint density at radius 2 is 1.92 bits per heavy atom. The summed E-state index contributed by atoms with van der Waals surface area (Å²) in [4.78, 5) is 44.2. The Labute approximate surface area is 282 Å². The monoisotopic (exact) mass is 640 g/mol. The molecule has 0 bridgehead atoms. The van der Waals surface area contributed by atoms with E-state index < -0.39 is 12.1 Å². The number of rotatable bonds is 5. The SMILES string of the molecule is CC.CC(C)N(CCc1c2c(nc3ccccc13)-c1cc3c(c(=O)n1C2)COC(=O)C3O)C(=O)CN.[CH3-].[Cs+]. The van der Waals surface area contributed by atoms with Crippen molar-refractivity contribution in [1.82, 2.24) is 14.5 Å². The number of pyridine rings is 2. The summed E-state index contributed by atoms with van der Waals surface area (Å²) in [6.07, 6.45) is -0.921. The molecule has 0 saturated carbocycles. The van der Waals surface area contributed by atoms with Gasteiger partial charge in [0.15, 0.2) is 6.10 Å². The van der Waals surface area contributed by atoms with E-state index in [1.54, 1.807) is 15.5 Å². The van der Waals surface area contributed by atoms with Crippen LogP contribution in [0, 0.1) is 7.43 Å². The first-order valence-corrected chi connectivity index (χ1v) is 12.3. The van der Waals surface area contributed by atoms with Gasteiger partial charge in [-0.05, 0) is 38.0 Å². The number of carbonyl (C=O) groups is 2. The van der Waals surface area contributed by atoms with Crippen LogP contribution in [0.3, 0.4) is 0 Å². The second kappa shape index (κ2) is 13.7. The van der Waals surface area contributed by atoms with Crippen molar-refractivity contribution in [2.45, 2.75) is 59.4 Å². The number of para-hydroxylation sites is 1. The largest absolute Gasteiger partial charge is 1.00 e. The average Bonchev–Trinajstić information content (AvgIpc) is 3.25.